The van der Waals surface area contributed by atoms with E-state index in [1.54, 1.807) is 4.90 Å². The monoisotopic (exact) mass is 191 g/mol. The third kappa shape index (κ3) is 1.32. The fourth-order valence-corrected chi connectivity index (χ4v) is 1.70. The Morgan fingerprint density at radius 1 is 1.64 bits per heavy atom. The predicted octanol–water partition coefficient (Wildman–Crippen LogP) is 0.720. The summed E-state index contributed by atoms with van der Waals surface area (Å²) < 4.78 is 1.96. The molecule has 0 radical (unpaired) electrons. The van der Waals surface area contributed by atoms with E-state index in [-0.39, 0.29) is 5.91 Å². The zero-order valence-corrected chi connectivity index (χ0v) is 8.23. The molecule has 0 saturated carbocycles. The van der Waals surface area contributed by atoms with E-state index in [0.29, 0.717) is 6.54 Å². The van der Waals surface area contributed by atoms with Gasteiger partial charge in [-0.1, -0.05) is 6.58 Å². The smallest absolute Gasteiger partial charge is 0.246 e. The van der Waals surface area contributed by atoms with Gasteiger partial charge in [-0.3, -0.25) is 9.48 Å². The molecule has 0 aliphatic carbocycles. The zero-order valence-electron chi connectivity index (χ0n) is 8.23. The summed E-state index contributed by atoms with van der Waals surface area (Å²) in [7, 11) is 0. The number of aromatic nitrogens is 2. The number of amides is 1. The Kier molecular flexibility index (Phi) is 2.11. The van der Waals surface area contributed by atoms with Gasteiger partial charge in [-0.25, -0.2) is 0 Å². The van der Waals surface area contributed by atoms with Crippen LogP contribution in [0.2, 0.25) is 0 Å². The van der Waals surface area contributed by atoms with E-state index in [4.69, 9.17) is 0 Å². The third-order valence-corrected chi connectivity index (χ3v) is 2.57. The van der Waals surface area contributed by atoms with Crippen molar-refractivity contribution in [3.63, 3.8) is 0 Å². The van der Waals surface area contributed by atoms with Crippen molar-refractivity contribution in [2.24, 2.45) is 0 Å². The number of fused-ring (bicyclic) bond motifs is 1. The van der Waals surface area contributed by atoms with E-state index in [9.17, 15) is 4.79 Å². The molecule has 0 saturated heterocycles. The van der Waals surface area contributed by atoms with Gasteiger partial charge in [0, 0.05) is 6.54 Å². The second-order valence-corrected chi connectivity index (χ2v) is 3.46. The second-order valence-electron chi connectivity index (χ2n) is 3.46. The molecule has 2 heterocycles. The van der Waals surface area contributed by atoms with Crippen LogP contribution >= 0.6 is 0 Å². The lowest BCUT2D eigenvalue weighted by molar-refractivity contribution is -0.127. The molecule has 0 unspecified atom stereocenters. The minimum absolute atomic E-state index is 0.00292. The zero-order chi connectivity index (χ0) is 10.1. The predicted molar refractivity (Wildman–Crippen MR) is 52.6 cm³/mol. The van der Waals surface area contributed by atoms with Crippen LogP contribution in [0.4, 0.5) is 0 Å². The van der Waals surface area contributed by atoms with E-state index >= 15 is 0 Å². The molecule has 4 heteroatoms. The van der Waals surface area contributed by atoms with Gasteiger partial charge in [-0.2, -0.15) is 5.10 Å². The quantitative estimate of drug-likeness (QED) is 0.613. The van der Waals surface area contributed by atoms with Crippen molar-refractivity contribution in [3.8, 4) is 0 Å². The maximum absolute atomic E-state index is 11.4. The maximum atomic E-state index is 11.4. The lowest BCUT2D eigenvalue weighted by Crippen LogP contribution is -2.37. The largest absolute Gasteiger partial charge is 0.331 e. The van der Waals surface area contributed by atoms with Crippen LogP contribution in [0.1, 0.15) is 11.3 Å². The summed E-state index contributed by atoms with van der Waals surface area (Å²) >= 11 is 0. The van der Waals surface area contributed by atoms with Gasteiger partial charge < -0.3 is 4.90 Å². The molecule has 1 aromatic heterocycles. The summed E-state index contributed by atoms with van der Waals surface area (Å²) in [6.07, 6.45) is 3.21. The highest BCUT2D eigenvalue weighted by Crippen LogP contribution is 2.15. The number of aryl methyl sites for hydroxylation is 1. The Morgan fingerprint density at radius 2 is 2.43 bits per heavy atom. The first-order valence-electron chi connectivity index (χ1n) is 4.65. The van der Waals surface area contributed by atoms with Gasteiger partial charge in [-0.05, 0) is 18.6 Å². The van der Waals surface area contributed by atoms with Gasteiger partial charge >= 0.3 is 0 Å². The third-order valence-electron chi connectivity index (χ3n) is 2.57. The minimum atomic E-state index is -0.00292. The molecule has 1 aliphatic rings. The van der Waals surface area contributed by atoms with E-state index < -0.39 is 0 Å². The van der Waals surface area contributed by atoms with Crippen molar-refractivity contribution in [3.05, 3.63) is 30.1 Å². The van der Waals surface area contributed by atoms with Gasteiger partial charge in [-0.15, -0.1) is 0 Å². The molecule has 0 atom stereocenters. The topological polar surface area (TPSA) is 38.1 Å². The summed E-state index contributed by atoms with van der Waals surface area (Å²) in [5.74, 6) is -0.00292. The average Bonchev–Trinajstić information content (AvgIpc) is 2.59. The van der Waals surface area contributed by atoms with Crippen LogP contribution in [0.5, 0.6) is 0 Å². The Labute approximate surface area is 82.8 Å². The van der Waals surface area contributed by atoms with Crippen LogP contribution in [0.15, 0.2) is 18.9 Å². The SMILES string of the molecule is C=CC(=O)N1CCn2ncc(C)c2C1. The number of nitrogens with zero attached hydrogens (tertiary/aromatic N) is 3. The fraction of sp³-hybridized carbons (Fsp3) is 0.400. The van der Waals surface area contributed by atoms with Crippen molar-refractivity contribution in [2.45, 2.75) is 20.0 Å². The summed E-state index contributed by atoms with van der Waals surface area (Å²) in [4.78, 5) is 13.2. The minimum Gasteiger partial charge on any atom is -0.331 e. The molecule has 14 heavy (non-hydrogen) atoms. The molecule has 74 valence electrons. The molecular formula is C10H13N3O. The van der Waals surface area contributed by atoms with Crippen molar-refractivity contribution in [1.29, 1.82) is 0 Å². The number of hydrogen-bond donors (Lipinski definition) is 0. The number of rotatable bonds is 1. The number of carbonyl (C=O) groups is 1. The van der Waals surface area contributed by atoms with Crippen LogP contribution in [-0.2, 0) is 17.9 Å². The van der Waals surface area contributed by atoms with Crippen molar-refractivity contribution >= 4 is 5.91 Å². The highest BCUT2D eigenvalue weighted by atomic mass is 16.2. The van der Waals surface area contributed by atoms with E-state index in [0.717, 1.165) is 24.3 Å². The standard InChI is InChI=1S/C10H13N3O/c1-3-10(14)12-4-5-13-9(7-12)8(2)6-11-13/h3,6H,1,4-5,7H2,2H3. The van der Waals surface area contributed by atoms with E-state index in [1.807, 2.05) is 17.8 Å². The molecule has 0 spiro atoms. The summed E-state index contributed by atoms with van der Waals surface area (Å²) in [6, 6.07) is 0. The molecule has 1 aliphatic heterocycles. The van der Waals surface area contributed by atoms with Crippen molar-refractivity contribution in [1.82, 2.24) is 14.7 Å². The molecule has 1 amide bonds. The molecule has 4 nitrogen and oxygen atoms in total. The van der Waals surface area contributed by atoms with Crippen molar-refractivity contribution < 1.29 is 4.79 Å². The second kappa shape index (κ2) is 3.29. The molecule has 0 aromatic carbocycles. The number of hydrogen-bond acceptors (Lipinski definition) is 2. The first kappa shape index (κ1) is 8.99. The fourth-order valence-electron chi connectivity index (χ4n) is 1.70. The van der Waals surface area contributed by atoms with Gasteiger partial charge in [0.1, 0.15) is 0 Å². The van der Waals surface area contributed by atoms with Crippen molar-refractivity contribution in [2.75, 3.05) is 6.54 Å². The molecule has 2 rings (SSSR count). The van der Waals surface area contributed by atoms with Crippen LogP contribution in [0.3, 0.4) is 0 Å². The van der Waals surface area contributed by atoms with Crippen LogP contribution in [0, 0.1) is 6.92 Å². The van der Waals surface area contributed by atoms with Crippen LogP contribution in [-0.4, -0.2) is 27.1 Å². The Balaban J connectivity index is 2.24. The molecule has 0 fully saturated rings. The maximum Gasteiger partial charge on any atom is 0.246 e. The van der Waals surface area contributed by atoms with Gasteiger partial charge in [0.05, 0.1) is 25.0 Å². The van der Waals surface area contributed by atoms with Crippen LogP contribution in [0.25, 0.3) is 0 Å². The first-order chi connectivity index (χ1) is 6.72. The number of carbonyl (C=O) groups excluding carboxylic acids is 1. The summed E-state index contributed by atoms with van der Waals surface area (Å²) in [5, 5.41) is 4.23. The molecule has 0 bridgehead atoms. The molecule has 1 aromatic rings. The lowest BCUT2D eigenvalue weighted by Gasteiger charge is -2.27. The normalized spacial score (nSPS) is 15.1. The van der Waals surface area contributed by atoms with E-state index in [1.165, 1.54) is 6.08 Å². The first-order valence-corrected chi connectivity index (χ1v) is 4.65. The Hall–Kier alpha value is -1.58. The Bertz CT molecular complexity index is 381. The van der Waals surface area contributed by atoms with Crippen LogP contribution < -0.4 is 0 Å². The summed E-state index contributed by atoms with van der Waals surface area (Å²) in [6.45, 7) is 7.65. The van der Waals surface area contributed by atoms with Gasteiger partial charge in [0.2, 0.25) is 5.91 Å². The Morgan fingerprint density at radius 3 is 3.14 bits per heavy atom. The van der Waals surface area contributed by atoms with Gasteiger partial charge in [0.25, 0.3) is 0 Å². The molecule has 0 N–H and O–H groups in total. The summed E-state index contributed by atoms with van der Waals surface area (Å²) in [5.41, 5.74) is 2.28. The highest BCUT2D eigenvalue weighted by Gasteiger charge is 2.20. The van der Waals surface area contributed by atoms with Gasteiger partial charge in [0.15, 0.2) is 0 Å². The highest BCUT2D eigenvalue weighted by molar-refractivity contribution is 5.87. The lowest BCUT2D eigenvalue weighted by atomic mass is 10.2. The average molecular weight is 191 g/mol. The molecular weight excluding hydrogens is 178 g/mol. The van der Waals surface area contributed by atoms with E-state index in [2.05, 4.69) is 11.7 Å².